The summed E-state index contributed by atoms with van der Waals surface area (Å²) in [5, 5.41) is 7.53. The van der Waals surface area contributed by atoms with Gasteiger partial charge in [-0.1, -0.05) is 39.8 Å². The summed E-state index contributed by atoms with van der Waals surface area (Å²) in [6.45, 7) is 11.8. The maximum absolute atomic E-state index is 5.39. The monoisotopic (exact) mass is 253 g/mol. The zero-order chi connectivity index (χ0) is 13.5. The van der Waals surface area contributed by atoms with Crippen LogP contribution in [0.2, 0.25) is 0 Å². The van der Waals surface area contributed by atoms with Crippen molar-refractivity contribution in [1.82, 2.24) is 15.5 Å². The number of likely N-dealkylation sites (N-methyl/N-ethyl adjacent to an activating group) is 1. The van der Waals surface area contributed by atoms with Gasteiger partial charge in [0, 0.05) is 12.5 Å². The molecule has 18 heavy (non-hydrogen) atoms. The third kappa shape index (κ3) is 4.41. The van der Waals surface area contributed by atoms with E-state index in [0.29, 0.717) is 12.0 Å². The molecular weight excluding hydrogens is 226 g/mol. The van der Waals surface area contributed by atoms with E-state index in [2.05, 4.69) is 50.1 Å². The van der Waals surface area contributed by atoms with Gasteiger partial charge >= 0.3 is 0 Å². The first-order valence-corrected chi connectivity index (χ1v) is 7.14. The summed E-state index contributed by atoms with van der Waals surface area (Å²) >= 11 is 0. The second kappa shape index (κ2) is 7.52. The highest BCUT2D eigenvalue weighted by atomic mass is 16.5. The van der Waals surface area contributed by atoms with Crippen LogP contribution in [0.3, 0.4) is 0 Å². The second-order valence-electron chi connectivity index (χ2n) is 5.34. The number of aryl methyl sites for hydroxylation is 1. The van der Waals surface area contributed by atoms with E-state index < -0.39 is 0 Å². The Kier molecular flexibility index (Phi) is 6.33. The quantitative estimate of drug-likeness (QED) is 0.773. The van der Waals surface area contributed by atoms with Gasteiger partial charge in [-0.2, -0.15) is 4.98 Å². The van der Waals surface area contributed by atoms with Crippen molar-refractivity contribution in [2.45, 2.75) is 65.8 Å². The van der Waals surface area contributed by atoms with Crippen LogP contribution in [0.25, 0.3) is 0 Å². The molecule has 0 bridgehead atoms. The zero-order valence-corrected chi connectivity index (χ0v) is 12.4. The molecular formula is C14H27N3O. The van der Waals surface area contributed by atoms with Crippen LogP contribution in [0.4, 0.5) is 0 Å². The maximum Gasteiger partial charge on any atom is 0.231 e. The first-order valence-electron chi connectivity index (χ1n) is 7.14. The Morgan fingerprint density at radius 1 is 1.22 bits per heavy atom. The van der Waals surface area contributed by atoms with Crippen LogP contribution in [-0.2, 0) is 6.42 Å². The molecule has 0 aliphatic heterocycles. The van der Waals surface area contributed by atoms with Gasteiger partial charge in [0.15, 0.2) is 5.82 Å². The highest BCUT2D eigenvalue weighted by Gasteiger charge is 2.22. The van der Waals surface area contributed by atoms with E-state index in [-0.39, 0.29) is 5.92 Å². The zero-order valence-electron chi connectivity index (χ0n) is 12.4. The summed E-state index contributed by atoms with van der Waals surface area (Å²) in [6, 6.07) is 0.411. The van der Waals surface area contributed by atoms with Gasteiger partial charge in [-0.3, -0.25) is 0 Å². The average molecular weight is 253 g/mol. The predicted octanol–water partition coefficient (Wildman–Crippen LogP) is 3.15. The molecule has 0 amide bonds. The van der Waals surface area contributed by atoms with Crippen LogP contribution < -0.4 is 5.32 Å². The van der Waals surface area contributed by atoms with E-state index >= 15 is 0 Å². The van der Waals surface area contributed by atoms with Crippen LogP contribution in [0.5, 0.6) is 0 Å². The van der Waals surface area contributed by atoms with Crippen LogP contribution in [0, 0.1) is 5.92 Å². The van der Waals surface area contributed by atoms with E-state index in [9.17, 15) is 0 Å². The molecule has 1 heterocycles. The summed E-state index contributed by atoms with van der Waals surface area (Å²) in [7, 11) is 0. The minimum absolute atomic E-state index is 0.273. The first-order chi connectivity index (χ1) is 8.58. The molecule has 2 atom stereocenters. The van der Waals surface area contributed by atoms with Gasteiger partial charge in [0.25, 0.3) is 0 Å². The van der Waals surface area contributed by atoms with Gasteiger partial charge in [0.1, 0.15) is 0 Å². The molecule has 0 aliphatic rings. The lowest BCUT2D eigenvalue weighted by Gasteiger charge is -2.20. The predicted molar refractivity (Wildman–Crippen MR) is 73.6 cm³/mol. The Hall–Kier alpha value is -0.900. The van der Waals surface area contributed by atoms with Crippen LogP contribution in [-0.4, -0.2) is 22.7 Å². The molecule has 1 aromatic rings. The minimum atomic E-state index is 0.273. The van der Waals surface area contributed by atoms with Crippen LogP contribution >= 0.6 is 0 Å². The Bertz CT molecular complexity index is 336. The third-order valence-corrected chi connectivity index (χ3v) is 3.33. The summed E-state index contributed by atoms with van der Waals surface area (Å²) in [5.41, 5.74) is 0. The molecule has 1 rings (SSSR count). The third-order valence-electron chi connectivity index (χ3n) is 3.33. The summed E-state index contributed by atoms with van der Waals surface area (Å²) in [5.74, 6) is 2.56. The van der Waals surface area contributed by atoms with Crippen molar-refractivity contribution in [3.05, 3.63) is 11.7 Å². The van der Waals surface area contributed by atoms with Gasteiger partial charge in [0.05, 0.1) is 5.92 Å². The largest absolute Gasteiger partial charge is 0.339 e. The van der Waals surface area contributed by atoms with Gasteiger partial charge in [-0.05, 0) is 25.3 Å². The van der Waals surface area contributed by atoms with Gasteiger partial charge < -0.3 is 9.84 Å². The Balaban J connectivity index is 2.60. The lowest BCUT2D eigenvalue weighted by Crippen LogP contribution is -2.33. The highest BCUT2D eigenvalue weighted by molar-refractivity contribution is 4.97. The van der Waals surface area contributed by atoms with Crippen molar-refractivity contribution in [2.24, 2.45) is 5.92 Å². The smallest absolute Gasteiger partial charge is 0.231 e. The lowest BCUT2D eigenvalue weighted by atomic mass is 9.99. The fourth-order valence-corrected chi connectivity index (χ4v) is 2.08. The molecule has 2 unspecified atom stereocenters. The van der Waals surface area contributed by atoms with E-state index in [1.807, 2.05) is 0 Å². The number of nitrogens with one attached hydrogen (secondary N) is 1. The van der Waals surface area contributed by atoms with Crippen molar-refractivity contribution < 1.29 is 4.52 Å². The van der Waals surface area contributed by atoms with Gasteiger partial charge in [-0.15, -0.1) is 0 Å². The van der Waals surface area contributed by atoms with Crippen molar-refractivity contribution in [3.8, 4) is 0 Å². The van der Waals surface area contributed by atoms with Crippen molar-refractivity contribution >= 4 is 0 Å². The number of aromatic nitrogens is 2. The normalized spacial score (nSPS) is 15.0. The standard InChI is InChI=1S/C14H27N3O/c1-6-12(15-7-2)11(5)14-16-13(17-18-14)9-8-10(3)4/h10-12,15H,6-9H2,1-5H3. The van der Waals surface area contributed by atoms with Crippen LogP contribution in [0.1, 0.15) is 65.1 Å². The maximum atomic E-state index is 5.39. The number of hydrogen-bond acceptors (Lipinski definition) is 4. The van der Waals surface area contributed by atoms with E-state index in [4.69, 9.17) is 4.52 Å². The Morgan fingerprint density at radius 2 is 1.94 bits per heavy atom. The van der Waals surface area contributed by atoms with Crippen LogP contribution in [0.15, 0.2) is 4.52 Å². The fraction of sp³-hybridized carbons (Fsp3) is 0.857. The molecule has 4 nitrogen and oxygen atoms in total. The molecule has 0 aromatic carbocycles. The van der Waals surface area contributed by atoms with Crippen molar-refractivity contribution in [1.29, 1.82) is 0 Å². The fourth-order valence-electron chi connectivity index (χ4n) is 2.08. The number of hydrogen-bond donors (Lipinski definition) is 1. The summed E-state index contributed by atoms with van der Waals surface area (Å²) in [6.07, 6.45) is 3.09. The molecule has 1 N–H and O–H groups in total. The number of nitrogens with zero attached hydrogens (tertiary/aromatic N) is 2. The average Bonchev–Trinajstić information content (AvgIpc) is 2.81. The molecule has 0 saturated carbocycles. The molecule has 4 heteroatoms. The molecule has 0 saturated heterocycles. The van der Waals surface area contributed by atoms with E-state index in [1.54, 1.807) is 0 Å². The van der Waals surface area contributed by atoms with Crippen molar-refractivity contribution in [3.63, 3.8) is 0 Å². The summed E-state index contributed by atoms with van der Waals surface area (Å²) < 4.78 is 5.39. The Morgan fingerprint density at radius 3 is 2.50 bits per heavy atom. The Labute approximate surface area is 111 Å². The SMILES string of the molecule is CCNC(CC)C(C)c1nc(CCC(C)C)no1. The topological polar surface area (TPSA) is 51.0 Å². The second-order valence-corrected chi connectivity index (χ2v) is 5.34. The lowest BCUT2D eigenvalue weighted by molar-refractivity contribution is 0.319. The first kappa shape index (κ1) is 15.2. The molecule has 0 spiro atoms. The molecule has 0 fully saturated rings. The molecule has 0 aliphatic carbocycles. The minimum Gasteiger partial charge on any atom is -0.339 e. The molecule has 0 radical (unpaired) electrons. The van der Waals surface area contributed by atoms with Gasteiger partial charge in [-0.25, -0.2) is 0 Å². The highest BCUT2D eigenvalue weighted by Crippen LogP contribution is 2.20. The summed E-state index contributed by atoms with van der Waals surface area (Å²) in [4.78, 5) is 4.52. The molecule has 104 valence electrons. The van der Waals surface area contributed by atoms with Crippen molar-refractivity contribution in [2.75, 3.05) is 6.54 Å². The van der Waals surface area contributed by atoms with E-state index in [1.165, 1.54) is 0 Å². The molecule has 1 aromatic heterocycles. The van der Waals surface area contributed by atoms with E-state index in [0.717, 1.165) is 37.5 Å². The van der Waals surface area contributed by atoms with Gasteiger partial charge in [0.2, 0.25) is 5.89 Å². The number of rotatable bonds is 8.